The standard InChI is InChI=1S/C8H14O3/c1-6(2)3-11-8-5-10-4-7(8)9/h7-9H,1,3-5H2,2H3/t7-,8-/m1/s1. The fourth-order valence-electron chi connectivity index (χ4n) is 0.932. The van der Waals surface area contributed by atoms with Gasteiger partial charge in [-0.3, -0.25) is 0 Å². The molecule has 2 atom stereocenters. The van der Waals surface area contributed by atoms with Crippen molar-refractivity contribution in [2.45, 2.75) is 19.1 Å². The van der Waals surface area contributed by atoms with Gasteiger partial charge in [-0.2, -0.15) is 0 Å². The van der Waals surface area contributed by atoms with E-state index in [0.29, 0.717) is 19.8 Å². The van der Waals surface area contributed by atoms with E-state index in [1.54, 1.807) is 0 Å². The molecule has 1 rings (SSSR count). The highest BCUT2D eigenvalue weighted by Gasteiger charge is 2.26. The van der Waals surface area contributed by atoms with Gasteiger partial charge in [-0.15, -0.1) is 0 Å². The maximum atomic E-state index is 9.22. The van der Waals surface area contributed by atoms with Crippen LogP contribution in [0.15, 0.2) is 12.2 Å². The Morgan fingerprint density at radius 1 is 1.73 bits per heavy atom. The Morgan fingerprint density at radius 3 is 2.91 bits per heavy atom. The normalized spacial score (nSPS) is 30.7. The molecule has 0 spiro atoms. The van der Waals surface area contributed by atoms with Gasteiger partial charge in [0, 0.05) is 0 Å². The van der Waals surface area contributed by atoms with E-state index in [2.05, 4.69) is 6.58 Å². The highest BCUT2D eigenvalue weighted by atomic mass is 16.6. The predicted octanol–water partition coefficient (Wildman–Crippen LogP) is 0.339. The number of rotatable bonds is 3. The number of ether oxygens (including phenoxy) is 2. The quantitative estimate of drug-likeness (QED) is 0.602. The minimum absolute atomic E-state index is 0.160. The van der Waals surface area contributed by atoms with Gasteiger partial charge >= 0.3 is 0 Å². The second-order valence-corrected chi connectivity index (χ2v) is 2.91. The van der Waals surface area contributed by atoms with Gasteiger partial charge in [-0.25, -0.2) is 0 Å². The average Bonchev–Trinajstić information content (AvgIpc) is 2.31. The van der Waals surface area contributed by atoms with Gasteiger partial charge in [-0.05, 0) is 6.92 Å². The van der Waals surface area contributed by atoms with E-state index in [0.717, 1.165) is 5.57 Å². The Morgan fingerprint density at radius 2 is 2.45 bits per heavy atom. The van der Waals surface area contributed by atoms with Crippen molar-refractivity contribution in [2.24, 2.45) is 0 Å². The third kappa shape index (κ3) is 2.61. The highest BCUT2D eigenvalue weighted by Crippen LogP contribution is 2.09. The molecule has 1 fully saturated rings. The smallest absolute Gasteiger partial charge is 0.109 e. The summed E-state index contributed by atoms with van der Waals surface area (Å²) in [5.41, 5.74) is 0.962. The third-order valence-electron chi connectivity index (χ3n) is 1.54. The Hall–Kier alpha value is -0.380. The first-order valence-corrected chi connectivity index (χ1v) is 3.72. The molecule has 0 saturated carbocycles. The summed E-state index contributed by atoms with van der Waals surface area (Å²) in [4.78, 5) is 0. The molecular weight excluding hydrogens is 144 g/mol. The Kier molecular flexibility index (Phi) is 3.05. The fourth-order valence-corrected chi connectivity index (χ4v) is 0.932. The predicted molar refractivity (Wildman–Crippen MR) is 41.4 cm³/mol. The van der Waals surface area contributed by atoms with E-state index >= 15 is 0 Å². The molecule has 0 unspecified atom stereocenters. The van der Waals surface area contributed by atoms with Crippen molar-refractivity contribution in [3.63, 3.8) is 0 Å². The molecule has 0 aromatic heterocycles. The first-order valence-electron chi connectivity index (χ1n) is 3.72. The van der Waals surface area contributed by atoms with Crippen molar-refractivity contribution in [3.8, 4) is 0 Å². The Balaban J connectivity index is 2.20. The van der Waals surface area contributed by atoms with Crippen molar-refractivity contribution >= 4 is 0 Å². The summed E-state index contributed by atoms with van der Waals surface area (Å²) in [5, 5.41) is 9.22. The third-order valence-corrected chi connectivity index (χ3v) is 1.54. The Labute approximate surface area is 66.6 Å². The molecule has 0 aliphatic carbocycles. The molecule has 1 saturated heterocycles. The van der Waals surface area contributed by atoms with E-state index < -0.39 is 6.10 Å². The van der Waals surface area contributed by atoms with Gasteiger partial charge in [0.15, 0.2) is 0 Å². The average molecular weight is 158 g/mol. The summed E-state index contributed by atoms with van der Waals surface area (Å²) in [6.07, 6.45) is -0.624. The molecule has 64 valence electrons. The monoisotopic (exact) mass is 158 g/mol. The molecule has 11 heavy (non-hydrogen) atoms. The highest BCUT2D eigenvalue weighted by molar-refractivity contribution is 4.88. The molecule has 3 heteroatoms. The lowest BCUT2D eigenvalue weighted by Gasteiger charge is -2.12. The lowest BCUT2D eigenvalue weighted by molar-refractivity contribution is 0.00103. The van der Waals surface area contributed by atoms with Crippen LogP contribution >= 0.6 is 0 Å². The SMILES string of the molecule is C=C(C)CO[C@@H]1COC[C@H]1O. The molecular formula is C8H14O3. The lowest BCUT2D eigenvalue weighted by Crippen LogP contribution is -2.27. The van der Waals surface area contributed by atoms with E-state index in [1.165, 1.54) is 0 Å². The van der Waals surface area contributed by atoms with Gasteiger partial charge in [0.05, 0.1) is 19.8 Å². The van der Waals surface area contributed by atoms with E-state index in [4.69, 9.17) is 9.47 Å². The minimum atomic E-state index is -0.464. The van der Waals surface area contributed by atoms with Gasteiger partial charge < -0.3 is 14.6 Å². The van der Waals surface area contributed by atoms with Crippen molar-refractivity contribution in [1.29, 1.82) is 0 Å². The molecule has 0 amide bonds. The summed E-state index contributed by atoms with van der Waals surface area (Å²) in [6.45, 7) is 6.97. The van der Waals surface area contributed by atoms with Crippen LogP contribution in [0.3, 0.4) is 0 Å². The molecule has 3 nitrogen and oxygen atoms in total. The Bertz CT molecular complexity index is 144. The summed E-state index contributed by atoms with van der Waals surface area (Å²) in [6, 6.07) is 0. The van der Waals surface area contributed by atoms with Crippen LogP contribution in [-0.4, -0.2) is 37.1 Å². The summed E-state index contributed by atoms with van der Waals surface area (Å²) >= 11 is 0. The first-order chi connectivity index (χ1) is 5.20. The number of hydrogen-bond donors (Lipinski definition) is 1. The molecule has 0 bridgehead atoms. The largest absolute Gasteiger partial charge is 0.388 e. The topological polar surface area (TPSA) is 38.7 Å². The maximum absolute atomic E-state index is 9.22. The molecule has 1 aliphatic heterocycles. The minimum Gasteiger partial charge on any atom is -0.388 e. The summed E-state index contributed by atoms with van der Waals surface area (Å²) < 4.78 is 10.3. The number of aliphatic hydroxyl groups is 1. The zero-order chi connectivity index (χ0) is 8.27. The second-order valence-electron chi connectivity index (χ2n) is 2.91. The van der Waals surface area contributed by atoms with Gasteiger partial charge in [0.1, 0.15) is 12.2 Å². The number of hydrogen-bond acceptors (Lipinski definition) is 3. The van der Waals surface area contributed by atoms with Crippen molar-refractivity contribution < 1.29 is 14.6 Å². The van der Waals surface area contributed by atoms with Gasteiger partial charge in [-0.1, -0.05) is 12.2 Å². The van der Waals surface area contributed by atoms with Gasteiger partial charge in [0.2, 0.25) is 0 Å². The molecule has 1 aliphatic rings. The van der Waals surface area contributed by atoms with Crippen LogP contribution in [0.25, 0.3) is 0 Å². The zero-order valence-corrected chi connectivity index (χ0v) is 6.75. The van der Waals surface area contributed by atoms with E-state index in [-0.39, 0.29) is 6.10 Å². The van der Waals surface area contributed by atoms with Crippen LogP contribution in [0.4, 0.5) is 0 Å². The van der Waals surface area contributed by atoms with Crippen LogP contribution in [0.2, 0.25) is 0 Å². The van der Waals surface area contributed by atoms with Crippen LogP contribution in [0, 0.1) is 0 Å². The molecule has 1 heterocycles. The maximum Gasteiger partial charge on any atom is 0.109 e. The zero-order valence-electron chi connectivity index (χ0n) is 6.75. The first kappa shape index (κ1) is 8.71. The van der Waals surface area contributed by atoms with Crippen LogP contribution < -0.4 is 0 Å². The molecule has 0 aromatic carbocycles. The van der Waals surface area contributed by atoms with Crippen LogP contribution in [-0.2, 0) is 9.47 Å². The summed E-state index contributed by atoms with van der Waals surface area (Å²) in [7, 11) is 0. The van der Waals surface area contributed by atoms with E-state index in [1.807, 2.05) is 6.92 Å². The van der Waals surface area contributed by atoms with Crippen LogP contribution in [0.5, 0.6) is 0 Å². The number of aliphatic hydroxyl groups excluding tert-OH is 1. The van der Waals surface area contributed by atoms with E-state index in [9.17, 15) is 5.11 Å². The fraction of sp³-hybridized carbons (Fsp3) is 0.750. The second kappa shape index (κ2) is 3.85. The molecule has 1 N–H and O–H groups in total. The van der Waals surface area contributed by atoms with Crippen molar-refractivity contribution in [1.82, 2.24) is 0 Å². The lowest BCUT2D eigenvalue weighted by atomic mass is 10.2. The van der Waals surface area contributed by atoms with Crippen molar-refractivity contribution in [2.75, 3.05) is 19.8 Å². The van der Waals surface area contributed by atoms with Gasteiger partial charge in [0.25, 0.3) is 0 Å². The summed E-state index contributed by atoms with van der Waals surface area (Å²) in [5.74, 6) is 0. The van der Waals surface area contributed by atoms with Crippen LogP contribution in [0.1, 0.15) is 6.92 Å². The molecule has 0 radical (unpaired) electrons. The van der Waals surface area contributed by atoms with Crippen molar-refractivity contribution in [3.05, 3.63) is 12.2 Å². The molecule has 0 aromatic rings.